The molecule has 1 saturated heterocycles. The van der Waals surface area contributed by atoms with Gasteiger partial charge < -0.3 is 14.6 Å². The van der Waals surface area contributed by atoms with Crippen molar-refractivity contribution < 1.29 is 18.4 Å². The SMILES string of the molecule is CCc1noc(-c2ccc(N3CC(CNC(C)=S)OC3=O)cc2F)n1. The third-order valence-electron chi connectivity index (χ3n) is 3.73. The van der Waals surface area contributed by atoms with Crippen molar-refractivity contribution in [2.45, 2.75) is 26.4 Å². The fraction of sp³-hybridized carbons (Fsp3) is 0.375. The van der Waals surface area contributed by atoms with Crippen LogP contribution >= 0.6 is 12.2 Å². The molecular formula is C16H17FN4O3S. The highest BCUT2D eigenvalue weighted by molar-refractivity contribution is 7.80. The molecule has 7 nitrogen and oxygen atoms in total. The number of nitrogens with zero attached hydrogens (tertiary/aromatic N) is 3. The largest absolute Gasteiger partial charge is 0.442 e. The predicted octanol–water partition coefficient (Wildman–Crippen LogP) is 2.70. The number of ether oxygens (including phenoxy) is 1. The molecule has 0 bridgehead atoms. The molecule has 132 valence electrons. The average Bonchev–Trinajstić information content (AvgIpc) is 3.19. The van der Waals surface area contributed by atoms with E-state index in [2.05, 4.69) is 15.5 Å². The first-order valence-electron chi connectivity index (χ1n) is 7.83. The van der Waals surface area contributed by atoms with Crippen molar-refractivity contribution in [3.05, 3.63) is 29.8 Å². The molecule has 0 radical (unpaired) electrons. The van der Waals surface area contributed by atoms with Crippen LogP contribution in [0.25, 0.3) is 11.5 Å². The minimum atomic E-state index is -0.548. The van der Waals surface area contributed by atoms with E-state index in [9.17, 15) is 9.18 Å². The van der Waals surface area contributed by atoms with E-state index in [1.54, 1.807) is 13.0 Å². The summed E-state index contributed by atoms with van der Waals surface area (Å²) in [5, 5.41) is 6.71. The number of halogens is 1. The summed E-state index contributed by atoms with van der Waals surface area (Å²) in [7, 11) is 0. The van der Waals surface area contributed by atoms with Gasteiger partial charge in [0.25, 0.3) is 5.89 Å². The lowest BCUT2D eigenvalue weighted by molar-refractivity contribution is 0.143. The highest BCUT2D eigenvalue weighted by Crippen LogP contribution is 2.28. The van der Waals surface area contributed by atoms with Gasteiger partial charge in [-0.05, 0) is 25.1 Å². The van der Waals surface area contributed by atoms with E-state index in [0.29, 0.717) is 36.0 Å². The van der Waals surface area contributed by atoms with E-state index >= 15 is 0 Å². The normalized spacial score (nSPS) is 16.8. The van der Waals surface area contributed by atoms with Gasteiger partial charge in [-0.2, -0.15) is 4.98 Å². The average molecular weight is 364 g/mol. The fourth-order valence-electron chi connectivity index (χ4n) is 2.45. The smallest absolute Gasteiger partial charge is 0.414 e. The molecule has 1 amide bonds. The zero-order valence-electron chi connectivity index (χ0n) is 13.8. The van der Waals surface area contributed by atoms with E-state index in [-0.39, 0.29) is 17.6 Å². The first kappa shape index (κ1) is 17.3. The molecule has 1 aromatic heterocycles. The van der Waals surface area contributed by atoms with Crippen LogP contribution in [-0.4, -0.2) is 40.4 Å². The van der Waals surface area contributed by atoms with E-state index in [1.807, 2.05) is 6.92 Å². The third-order valence-corrected chi connectivity index (χ3v) is 3.88. The van der Waals surface area contributed by atoms with Crippen LogP contribution in [0.4, 0.5) is 14.9 Å². The minimum absolute atomic E-state index is 0.114. The van der Waals surface area contributed by atoms with E-state index in [0.717, 1.165) is 0 Å². The molecule has 1 aliphatic heterocycles. The Morgan fingerprint density at radius 2 is 2.32 bits per heavy atom. The lowest BCUT2D eigenvalue weighted by atomic mass is 10.1. The van der Waals surface area contributed by atoms with Crippen molar-refractivity contribution >= 4 is 29.0 Å². The Bertz CT molecular complexity index is 810. The van der Waals surface area contributed by atoms with Crippen molar-refractivity contribution in [3.8, 4) is 11.5 Å². The first-order chi connectivity index (χ1) is 12.0. The highest BCUT2D eigenvalue weighted by atomic mass is 32.1. The monoisotopic (exact) mass is 364 g/mol. The van der Waals surface area contributed by atoms with Gasteiger partial charge >= 0.3 is 6.09 Å². The van der Waals surface area contributed by atoms with Crippen LogP contribution < -0.4 is 10.2 Å². The number of nitrogens with one attached hydrogen (secondary N) is 1. The van der Waals surface area contributed by atoms with Crippen LogP contribution in [0.2, 0.25) is 0 Å². The molecular weight excluding hydrogens is 347 g/mol. The summed E-state index contributed by atoms with van der Waals surface area (Å²) < 4.78 is 24.8. The van der Waals surface area contributed by atoms with Gasteiger partial charge in [-0.3, -0.25) is 4.90 Å². The third kappa shape index (κ3) is 3.76. The number of carbonyl (C=O) groups excluding carboxylic acids is 1. The van der Waals surface area contributed by atoms with Crippen molar-refractivity contribution in [1.29, 1.82) is 0 Å². The summed E-state index contributed by atoms with van der Waals surface area (Å²) >= 11 is 4.94. The Morgan fingerprint density at radius 1 is 1.52 bits per heavy atom. The van der Waals surface area contributed by atoms with Crippen LogP contribution in [-0.2, 0) is 11.2 Å². The van der Waals surface area contributed by atoms with Crippen LogP contribution in [0, 0.1) is 5.82 Å². The van der Waals surface area contributed by atoms with Gasteiger partial charge in [0.05, 0.1) is 29.3 Å². The molecule has 0 aliphatic carbocycles. The molecule has 25 heavy (non-hydrogen) atoms. The van der Waals surface area contributed by atoms with Gasteiger partial charge in [0.1, 0.15) is 11.9 Å². The van der Waals surface area contributed by atoms with E-state index < -0.39 is 11.9 Å². The predicted molar refractivity (Wildman–Crippen MR) is 93.0 cm³/mol. The van der Waals surface area contributed by atoms with Crippen LogP contribution in [0.1, 0.15) is 19.7 Å². The quantitative estimate of drug-likeness (QED) is 0.817. The van der Waals surface area contributed by atoms with Crippen LogP contribution in [0.5, 0.6) is 0 Å². The molecule has 1 atom stereocenters. The summed E-state index contributed by atoms with van der Waals surface area (Å²) in [6.07, 6.45) is -0.275. The van der Waals surface area contributed by atoms with Crippen LogP contribution in [0.15, 0.2) is 22.7 Å². The van der Waals surface area contributed by atoms with Gasteiger partial charge in [-0.15, -0.1) is 0 Å². The van der Waals surface area contributed by atoms with Gasteiger partial charge in [-0.1, -0.05) is 24.3 Å². The second-order valence-electron chi connectivity index (χ2n) is 5.59. The van der Waals surface area contributed by atoms with Crippen molar-refractivity contribution in [2.75, 3.05) is 18.0 Å². The number of thiocarbonyl (C=S) groups is 1. The summed E-state index contributed by atoms with van der Waals surface area (Å²) in [5.74, 6) is 0.0714. The first-order valence-corrected chi connectivity index (χ1v) is 8.24. The number of hydrogen-bond donors (Lipinski definition) is 1. The van der Waals surface area contributed by atoms with Gasteiger partial charge in [-0.25, -0.2) is 9.18 Å². The van der Waals surface area contributed by atoms with Crippen molar-refractivity contribution in [1.82, 2.24) is 15.5 Å². The maximum Gasteiger partial charge on any atom is 0.414 e. The molecule has 1 fully saturated rings. The maximum absolute atomic E-state index is 14.4. The van der Waals surface area contributed by atoms with Gasteiger partial charge in [0, 0.05) is 6.42 Å². The fourth-order valence-corrected chi connectivity index (χ4v) is 2.53. The number of benzene rings is 1. The summed E-state index contributed by atoms with van der Waals surface area (Å²) in [6, 6.07) is 4.39. The van der Waals surface area contributed by atoms with Crippen molar-refractivity contribution in [2.24, 2.45) is 0 Å². The molecule has 1 aromatic carbocycles. The second kappa shape index (κ2) is 7.14. The molecule has 9 heteroatoms. The zero-order chi connectivity index (χ0) is 18.0. The molecule has 1 aliphatic rings. The molecule has 2 aromatic rings. The standard InChI is InChI=1S/C16H17FN4O3S/c1-3-14-19-15(24-20-14)12-5-4-10(6-13(12)17)21-8-11(23-16(21)22)7-18-9(2)25/h4-6,11H,3,7-8H2,1-2H3,(H,18,25). The zero-order valence-corrected chi connectivity index (χ0v) is 14.6. The maximum atomic E-state index is 14.4. The Balaban J connectivity index is 1.76. The molecule has 3 rings (SSSR count). The highest BCUT2D eigenvalue weighted by Gasteiger charge is 2.32. The topological polar surface area (TPSA) is 80.5 Å². The molecule has 1 unspecified atom stereocenters. The van der Waals surface area contributed by atoms with Gasteiger partial charge in [0.15, 0.2) is 5.82 Å². The number of aromatic nitrogens is 2. The Labute approximate surface area is 149 Å². The number of rotatable bonds is 5. The van der Waals surface area contributed by atoms with Gasteiger partial charge in [0.2, 0.25) is 0 Å². The molecule has 2 heterocycles. The Hall–Kier alpha value is -2.55. The molecule has 1 N–H and O–H groups in total. The number of carbonyl (C=O) groups is 1. The number of hydrogen-bond acceptors (Lipinski definition) is 6. The number of amides is 1. The number of cyclic esters (lactones) is 1. The second-order valence-corrected chi connectivity index (χ2v) is 6.20. The number of anilines is 1. The Morgan fingerprint density at radius 3 is 2.96 bits per heavy atom. The van der Waals surface area contributed by atoms with E-state index in [4.69, 9.17) is 21.5 Å². The van der Waals surface area contributed by atoms with Crippen molar-refractivity contribution in [3.63, 3.8) is 0 Å². The summed E-state index contributed by atoms with van der Waals surface area (Å²) in [5.41, 5.74) is 0.598. The Kier molecular flexibility index (Phi) is 4.93. The van der Waals surface area contributed by atoms with E-state index in [1.165, 1.54) is 17.0 Å². The lowest BCUT2D eigenvalue weighted by Gasteiger charge is -2.14. The minimum Gasteiger partial charge on any atom is -0.442 e. The molecule has 0 saturated carbocycles. The summed E-state index contributed by atoms with van der Waals surface area (Å²) in [4.78, 5) is 18.1. The molecule has 0 spiro atoms. The van der Waals surface area contributed by atoms with Crippen LogP contribution in [0.3, 0.4) is 0 Å². The lowest BCUT2D eigenvalue weighted by Crippen LogP contribution is -2.32. The summed E-state index contributed by atoms with van der Waals surface area (Å²) in [6.45, 7) is 4.36. The number of aryl methyl sites for hydroxylation is 1.